The minimum atomic E-state index is -0.0792. The number of rotatable bonds is 3. The van der Waals surface area contributed by atoms with Crippen molar-refractivity contribution in [3.05, 3.63) is 42.4 Å². The van der Waals surface area contributed by atoms with Gasteiger partial charge in [-0.05, 0) is 37.3 Å². The summed E-state index contributed by atoms with van der Waals surface area (Å²) in [6.07, 6.45) is 1.49. The molecule has 3 rings (SSSR count). The molecule has 0 aliphatic rings. The van der Waals surface area contributed by atoms with E-state index >= 15 is 0 Å². The maximum atomic E-state index is 11.0. The Bertz CT molecular complexity index is 797. The summed E-state index contributed by atoms with van der Waals surface area (Å²) in [6, 6.07) is 9.61. The second-order valence-electron chi connectivity index (χ2n) is 4.52. The van der Waals surface area contributed by atoms with Crippen molar-refractivity contribution in [3.63, 3.8) is 0 Å². The number of amides is 1. The standard InChI is InChI=1S/C14H13N5OS/c1-9-7-13(19-14(17-9)15-8-16-19)21-12-5-3-11(4-6-12)18-10(2)20/h3-8H,1-2H3,(H,18,20). The van der Waals surface area contributed by atoms with Crippen LogP contribution in [0.4, 0.5) is 5.69 Å². The number of hydrogen-bond donors (Lipinski definition) is 1. The Balaban J connectivity index is 1.88. The van der Waals surface area contributed by atoms with Crippen molar-refractivity contribution in [1.82, 2.24) is 19.6 Å². The Kier molecular flexibility index (Phi) is 3.57. The summed E-state index contributed by atoms with van der Waals surface area (Å²) in [5.41, 5.74) is 1.68. The normalized spacial score (nSPS) is 10.8. The fraction of sp³-hybridized carbons (Fsp3) is 0.143. The molecule has 1 N–H and O–H groups in total. The van der Waals surface area contributed by atoms with Crippen molar-refractivity contribution in [2.24, 2.45) is 0 Å². The number of carbonyl (C=O) groups excluding carboxylic acids is 1. The topological polar surface area (TPSA) is 72.2 Å². The van der Waals surface area contributed by atoms with Gasteiger partial charge in [0.05, 0.1) is 0 Å². The van der Waals surface area contributed by atoms with Crippen LogP contribution in [0.15, 0.2) is 46.6 Å². The number of fused-ring (bicyclic) bond motifs is 1. The Labute approximate surface area is 125 Å². The Morgan fingerprint density at radius 2 is 2.05 bits per heavy atom. The zero-order valence-electron chi connectivity index (χ0n) is 11.6. The molecule has 1 amide bonds. The Morgan fingerprint density at radius 3 is 2.76 bits per heavy atom. The van der Waals surface area contributed by atoms with Crippen LogP contribution in [0.3, 0.4) is 0 Å². The van der Waals surface area contributed by atoms with Gasteiger partial charge >= 0.3 is 0 Å². The van der Waals surface area contributed by atoms with Crippen LogP contribution >= 0.6 is 11.8 Å². The largest absolute Gasteiger partial charge is 0.326 e. The van der Waals surface area contributed by atoms with Crippen LogP contribution in [0.1, 0.15) is 12.6 Å². The molecule has 7 heteroatoms. The van der Waals surface area contributed by atoms with Crippen molar-refractivity contribution < 1.29 is 4.79 Å². The molecule has 0 spiro atoms. The van der Waals surface area contributed by atoms with E-state index < -0.39 is 0 Å². The first-order valence-corrected chi connectivity index (χ1v) is 7.16. The highest BCUT2D eigenvalue weighted by atomic mass is 32.2. The number of anilines is 1. The van der Waals surface area contributed by atoms with Gasteiger partial charge in [-0.25, -0.2) is 4.98 Å². The minimum absolute atomic E-state index is 0.0792. The molecule has 2 heterocycles. The quantitative estimate of drug-likeness (QED) is 0.752. The highest BCUT2D eigenvalue weighted by molar-refractivity contribution is 7.99. The fourth-order valence-electron chi connectivity index (χ4n) is 1.90. The molecule has 0 unspecified atom stereocenters. The van der Waals surface area contributed by atoms with E-state index in [4.69, 9.17) is 0 Å². The van der Waals surface area contributed by atoms with Crippen LogP contribution < -0.4 is 5.32 Å². The molecule has 0 fully saturated rings. The van der Waals surface area contributed by atoms with Gasteiger partial charge in [0.2, 0.25) is 5.91 Å². The third-order valence-electron chi connectivity index (χ3n) is 2.74. The summed E-state index contributed by atoms with van der Waals surface area (Å²) in [6.45, 7) is 3.42. The maximum Gasteiger partial charge on any atom is 0.253 e. The lowest BCUT2D eigenvalue weighted by Crippen LogP contribution is -2.05. The minimum Gasteiger partial charge on any atom is -0.326 e. The molecular formula is C14H13N5OS. The molecule has 1 aromatic carbocycles. The van der Waals surface area contributed by atoms with Crippen molar-refractivity contribution in [2.75, 3.05) is 5.32 Å². The van der Waals surface area contributed by atoms with E-state index in [0.29, 0.717) is 5.78 Å². The summed E-state index contributed by atoms with van der Waals surface area (Å²) < 4.78 is 1.71. The number of carbonyl (C=O) groups is 1. The fourth-order valence-corrected chi connectivity index (χ4v) is 2.86. The molecule has 0 aliphatic carbocycles. The van der Waals surface area contributed by atoms with Gasteiger partial charge in [-0.2, -0.15) is 14.6 Å². The van der Waals surface area contributed by atoms with Gasteiger partial charge in [-0.15, -0.1) is 0 Å². The van der Waals surface area contributed by atoms with Gasteiger partial charge < -0.3 is 5.32 Å². The lowest BCUT2D eigenvalue weighted by molar-refractivity contribution is -0.114. The van der Waals surface area contributed by atoms with Gasteiger partial charge in [-0.3, -0.25) is 4.79 Å². The Morgan fingerprint density at radius 1 is 1.29 bits per heavy atom. The SMILES string of the molecule is CC(=O)Nc1ccc(Sc2cc(C)nc3ncnn23)cc1. The molecule has 6 nitrogen and oxygen atoms in total. The van der Waals surface area contributed by atoms with Crippen molar-refractivity contribution in [2.45, 2.75) is 23.8 Å². The molecular weight excluding hydrogens is 286 g/mol. The predicted octanol–water partition coefficient (Wildman–Crippen LogP) is 2.54. The Hall–Kier alpha value is -2.41. The summed E-state index contributed by atoms with van der Waals surface area (Å²) >= 11 is 1.57. The van der Waals surface area contributed by atoms with E-state index in [0.717, 1.165) is 21.3 Å². The van der Waals surface area contributed by atoms with E-state index in [-0.39, 0.29) is 5.91 Å². The van der Waals surface area contributed by atoms with E-state index in [1.807, 2.05) is 37.3 Å². The van der Waals surface area contributed by atoms with Gasteiger partial charge in [0, 0.05) is 23.2 Å². The first kappa shape index (κ1) is 13.6. The molecule has 0 bridgehead atoms. The zero-order chi connectivity index (χ0) is 14.8. The lowest BCUT2D eigenvalue weighted by Gasteiger charge is -2.06. The van der Waals surface area contributed by atoms with E-state index in [2.05, 4.69) is 20.4 Å². The molecule has 21 heavy (non-hydrogen) atoms. The molecule has 2 aromatic heterocycles. The molecule has 0 atom stereocenters. The lowest BCUT2D eigenvalue weighted by atomic mass is 10.3. The third kappa shape index (κ3) is 3.03. The second-order valence-corrected chi connectivity index (χ2v) is 5.61. The first-order chi connectivity index (χ1) is 10.1. The van der Waals surface area contributed by atoms with Crippen LogP contribution in [0.5, 0.6) is 0 Å². The van der Waals surface area contributed by atoms with Crippen LogP contribution in [-0.4, -0.2) is 25.5 Å². The number of hydrogen-bond acceptors (Lipinski definition) is 5. The monoisotopic (exact) mass is 299 g/mol. The number of nitrogens with one attached hydrogen (secondary N) is 1. The summed E-state index contributed by atoms with van der Waals surface area (Å²) in [5, 5.41) is 7.87. The zero-order valence-corrected chi connectivity index (χ0v) is 12.4. The summed E-state index contributed by atoms with van der Waals surface area (Å²) in [4.78, 5) is 20.5. The van der Waals surface area contributed by atoms with Crippen molar-refractivity contribution in [3.8, 4) is 0 Å². The number of benzene rings is 1. The van der Waals surface area contributed by atoms with Gasteiger partial charge in [0.15, 0.2) is 0 Å². The summed E-state index contributed by atoms with van der Waals surface area (Å²) in [7, 11) is 0. The second kappa shape index (κ2) is 5.53. The van der Waals surface area contributed by atoms with E-state index in [9.17, 15) is 4.79 Å². The average molecular weight is 299 g/mol. The third-order valence-corrected chi connectivity index (χ3v) is 3.75. The highest BCUT2D eigenvalue weighted by Gasteiger charge is 2.07. The predicted molar refractivity (Wildman–Crippen MR) is 80.4 cm³/mol. The van der Waals surface area contributed by atoms with Gasteiger partial charge in [0.1, 0.15) is 11.4 Å². The van der Waals surface area contributed by atoms with E-state index in [1.165, 1.54) is 13.3 Å². The smallest absolute Gasteiger partial charge is 0.253 e. The molecule has 0 saturated heterocycles. The van der Waals surface area contributed by atoms with Crippen LogP contribution in [0.2, 0.25) is 0 Å². The number of aromatic nitrogens is 4. The van der Waals surface area contributed by atoms with E-state index in [1.54, 1.807) is 16.3 Å². The molecule has 0 saturated carbocycles. The van der Waals surface area contributed by atoms with Crippen molar-refractivity contribution >= 4 is 29.1 Å². The highest BCUT2D eigenvalue weighted by Crippen LogP contribution is 2.28. The number of aryl methyl sites for hydroxylation is 1. The number of nitrogens with zero attached hydrogens (tertiary/aromatic N) is 4. The van der Waals surface area contributed by atoms with Crippen LogP contribution in [-0.2, 0) is 4.79 Å². The first-order valence-electron chi connectivity index (χ1n) is 6.35. The van der Waals surface area contributed by atoms with Gasteiger partial charge in [-0.1, -0.05) is 11.8 Å². The molecule has 3 aromatic rings. The van der Waals surface area contributed by atoms with Crippen LogP contribution in [0.25, 0.3) is 5.78 Å². The molecule has 106 valence electrons. The van der Waals surface area contributed by atoms with Crippen LogP contribution in [0, 0.1) is 6.92 Å². The van der Waals surface area contributed by atoms with Crippen molar-refractivity contribution in [1.29, 1.82) is 0 Å². The van der Waals surface area contributed by atoms with Gasteiger partial charge in [0.25, 0.3) is 5.78 Å². The molecule has 0 radical (unpaired) electrons. The maximum absolute atomic E-state index is 11.0. The summed E-state index contributed by atoms with van der Waals surface area (Å²) in [5.74, 6) is 0.511. The molecule has 0 aliphatic heterocycles. The average Bonchev–Trinajstić information content (AvgIpc) is 2.88.